The highest BCUT2D eigenvalue weighted by atomic mass is 16.4. The molecule has 1 aromatic rings. The molecule has 3 fully saturated rings. The van der Waals surface area contributed by atoms with Crippen LogP contribution in [-0.2, 0) is 14.4 Å². The maximum absolute atomic E-state index is 13.0. The van der Waals surface area contributed by atoms with Gasteiger partial charge in [-0.3, -0.25) is 14.4 Å². The number of nitrogens with zero attached hydrogens (tertiary/aromatic N) is 2. The summed E-state index contributed by atoms with van der Waals surface area (Å²) in [5, 5.41) is 10.9. The van der Waals surface area contributed by atoms with Crippen molar-refractivity contribution in [3.63, 3.8) is 0 Å². The van der Waals surface area contributed by atoms with Crippen LogP contribution in [0.1, 0.15) is 29.6 Å². The molecular formula is C21H27N4O5+. The molecule has 2 N–H and O–H groups in total. The number of amides is 3. The van der Waals surface area contributed by atoms with Crippen LogP contribution in [0.3, 0.4) is 0 Å². The van der Waals surface area contributed by atoms with Crippen molar-refractivity contribution in [3.05, 3.63) is 29.8 Å². The quantitative estimate of drug-likeness (QED) is 0.478. The van der Waals surface area contributed by atoms with Gasteiger partial charge >= 0.3 is 0 Å². The van der Waals surface area contributed by atoms with Crippen LogP contribution in [0.4, 0.5) is 5.69 Å². The van der Waals surface area contributed by atoms with Crippen molar-refractivity contribution < 1.29 is 34.1 Å². The Morgan fingerprint density at radius 2 is 1.63 bits per heavy atom. The number of quaternary nitrogens is 2. The number of carbonyl (C=O) groups excluding carboxylic acids is 4. The van der Waals surface area contributed by atoms with Gasteiger partial charge in [0.1, 0.15) is 0 Å². The Morgan fingerprint density at radius 3 is 2.23 bits per heavy atom. The number of carboxylic acid groups (broad SMARTS) is 1. The van der Waals surface area contributed by atoms with E-state index in [4.69, 9.17) is 0 Å². The normalized spacial score (nSPS) is 23.4. The highest BCUT2D eigenvalue weighted by molar-refractivity contribution is 6.21. The molecule has 9 nitrogen and oxygen atoms in total. The van der Waals surface area contributed by atoms with Gasteiger partial charge in [-0.05, 0) is 17.7 Å². The summed E-state index contributed by atoms with van der Waals surface area (Å²) < 4.78 is 0. The van der Waals surface area contributed by atoms with Gasteiger partial charge in [0.15, 0.2) is 12.6 Å². The second-order valence-corrected chi connectivity index (χ2v) is 8.33. The summed E-state index contributed by atoms with van der Waals surface area (Å²) in [7, 11) is 0. The number of carbonyl (C=O) groups is 4. The van der Waals surface area contributed by atoms with Gasteiger partial charge in [0, 0.05) is 12.8 Å². The maximum atomic E-state index is 13.0. The first-order valence-corrected chi connectivity index (χ1v) is 10.6. The van der Waals surface area contributed by atoms with Crippen molar-refractivity contribution in [2.24, 2.45) is 0 Å². The van der Waals surface area contributed by atoms with Crippen LogP contribution in [0.25, 0.3) is 0 Å². The number of likely N-dealkylation sites (tertiary alicyclic amines) is 1. The standard InChI is InChI=1S/C21H26N4O5/c26-18-13-17(20(28)25(18)16-5-3-15(4-6-16)21(29)30)23-9-11-24(12-10-23)19(27)14-22-7-1-2-8-22/h3-6,17H,1-2,7-14H2,(H,29,30)/p+1/t17-/m1/s1. The zero-order valence-electron chi connectivity index (χ0n) is 16.9. The van der Waals surface area contributed by atoms with Gasteiger partial charge in [-0.15, -0.1) is 0 Å². The molecule has 0 saturated carbocycles. The van der Waals surface area contributed by atoms with E-state index in [1.54, 1.807) is 0 Å². The number of aromatic carboxylic acids is 1. The molecule has 9 heteroatoms. The third-order valence-electron chi connectivity index (χ3n) is 6.47. The summed E-state index contributed by atoms with van der Waals surface area (Å²) in [6.07, 6.45) is 2.50. The van der Waals surface area contributed by atoms with Crippen molar-refractivity contribution in [2.75, 3.05) is 50.7 Å². The first-order valence-electron chi connectivity index (χ1n) is 10.6. The van der Waals surface area contributed by atoms with Crippen LogP contribution in [0.15, 0.2) is 24.3 Å². The summed E-state index contributed by atoms with van der Waals surface area (Å²) in [6.45, 7) is 5.15. The summed E-state index contributed by atoms with van der Waals surface area (Å²) >= 11 is 0. The lowest BCUT2D eigenvalue weighted by atomic mass is 10.1. The van der Waals surface area contributed by atoms with Gasteiger partial charge in [-0.1, -0.05) is 12.1 Å². The van der Waals surface area contributed by atoms with Gasteiger partial charge in [0.05, 0.1) is 57.3 Å². The molecule has 1 atom stereocenters. The molecular weight excluding hydrogens is 388 g/mol. The number of nitrogens with one attached hydrogen (secondary N) is 2. The molecule has 3 heterocycles. The van der Waals surface area contributed by atoms with Crippen molar-refractivity contribution in [2.45, 2.75) is 25.3 Å². The molecule has 0 radical (unpaired) electrons. The van der Waals surface area contributed by atoms with E-state index in [2.05, 4.69) is 0 Å². The van der Waals surface area contributed by atoms with Crippen LogP contribution < -0.4 is 19.8 Å². The number of piperazine rings is 1. The predicted octanol–water partition coefficient (Wildman–Crippen LogP) is -3.91. The number of anilines is 1. The minimum atomic E-state index is -1.30. The molecule has 0 aromatic heterocycles. The fourth-order valence-electron chi connectivity index (χ4n) is 4.74. The SMILES string of the molecule is O=C([O-])c1ccc(N2C(=O)C[C@@H]([NH+]3CCN(C(=O)C[NH+]4CCCC4)CC3)C2=O)cc1. The topological polar surface area (TPSA) is 107 Å². The first kappa shape index (κ1) is 20.5. The van der Waals surface area contributed by atoms with E-state index < -0.39 is 12.0 Å². The Labute approximate surface area is 174 Å². The summed E-state index contributed by atoms with van der Waals surface area (Å²) in [5.41, 5.74) is 0.371. The van der Waals surface area contributed by atoms with E-state index >= 15 is 0 Å². The number of carboxylic acids is 1. The lowest BCUT2D eigenvalue weighted by Gasteiger charge is -2.34. The van der Waals surface area contributed by atoms with Gasteiger partial charge in [-0.2, -0.15) is 0 Å². The Kier molecular flexibility index (Phi) is 5.83. The molecule has 1 aromatic carbocycles. The van der Waals surface area contributed by atoms with Crippen LogP contribution in [-0.4, -0.2) is 80.4 Å². The number of hydrogen-bond donors (Lipinski definition) is 2. The molecule has 3 aliphatic rings. The third kappa shape index (κ3) is 4.08. The van der Waals surface area contributed by atoms with E-state index in [0.29, 0.717) is 38.4 Å². The smallest absolute Gasteiger partial charge is 0.292 e. The van der Waals surface area contributed by atoms with Crippen molar-refractivity contribution in [1.29, 1.82) is 0 Å². The third-order valence-corrected chi connectivity index (χ3v) is 6.47. The van der Waals surface area contributed by atoms with Crippen molar-refractivity contribution >= 4 is 29.4 Å². The van der Waals surface area contributed by atoms with E-state index in [1.165, 1.54) is 42.0 Å². The van der Waals surface area contributed by atoms with E-state index in [9.17, 15) is 24.3 Å². The molecule has 4 rings (SSSR count). The number of benzene rings is 1. The zero-order valence-corrected chi connectivity index (χ0v) is 16.9. The number of rotatable bonds is 5. The minimum Gasteiger partial charge on any atom is -0.545 e. The Hall–Kier alpha value is -2.78. The number of hydrogen-bond acceptors (Lipinski definition) is 5. The van der Waals surface area contributed by atoms with Crippen LogP contribution in [0.5, 0.6) is 0 Å². The molecule has 160 valence electrons. The molecule has 0 spiro atoms. The number of imide groups is 1. The van der Waals surface area contributed by atoms with E-state index in [0.717, 1.165) is 22.9 Å². The van der Waals surface area contributed by atoms with Gasteiger partial charge in [0.2, 0.25) is 5.91 Å². The van der Waals surface area contributed by atoms with E-state index in [-0.39, 0.29) is 29.7 Å². The zero-order chi connectivity index (χ0) is 21.3. The van der Waals surface area contributed by atoms with Gasteiger partial charge in [0.25, 0.3) is 11.8 Å². The Morgan fingerprint density at radius 1 is 1.00 bits per heavy atom. The summed E-state index contributed by atoms with van der Waals surface area (Å²) in [6, 6.07) is 5.11. The highest BCUT2D eigenvalue weighted by Gasteiger charge is 2.46. The average Bonchev–Trinajstić information content (AvgIpc) is 3.35. The second-order valence-electron chi connectivity index (χ2n) is 8.33. The lowest BCUT2D eigenvalue weighted by molar-refractivity contribution is -0.918. The maximum Gasteiger partial charge on any atom is 0.292 e. The van der Waals surface area contributed by atoms with Crippen molar-refractivity contribution in [1.82, 2.24) is 4.90 Å². The van der Waals surface area contributed by atoms with Crippen LogP contribution in [0.2, 0.25) is 0 Å². The summed E-state index contributed by atoms with van der Waals surface area (Å²) in [5.74, 6) is -1.68. The molecule has 0 aliphatic carbocycles. The van der Waals surface area contributed by atoms with Crippen molar-refractivity contribution in [3.8, 4) is 0 Å². The largest absolute Gasteiger partial charge is 0.545 e. The molecule has 0 bridgehead atoms. The summed E-state index contributed by atoms with van der Waals surface area (Å²) in [4.78, 5) is 54.3. The molecule has 3 aliphatic heterocycles. The Balaban J connectivity index is 1.35. The predicted molar refractivity (Wildman–Crippen MR) is 104 cm³/mol. The molecule has 3 saturated heterocycles. The average molecular weight is 415 g/mol. The Bertz CT molecular complexity index is 841. The monoisotopic (exact) mass is 415 g/mol. The highest BCUT2D eigenvalue weighted by Crippen LogP contribution is 2.22. The lowest BCUT2D eigenvalue weighted by Crippen LogP contribution is -3.19. The second kappa shape index (κ2) is 8.53. The van der Waals surface area contributed by atoms with Crippen LogP contribution >= 0.6 is 0 Å². The first-order chi connectivity index (χ1) is 14.4. The van der Waals surface area contributed by atoms with E-state index in [1.807, 2.05) is 4.90 Å². The van der Waals surface area contributed by atoms with Gasteiger partial charge in [-0.25, -0.2) is 4.90 Å². The fraction of sp³-hybridized carbons (Fsp3) is 0.524. The fourth-order valence-corrected chi connectivity index (χ4v) is 4.74. The molecule has 3 amide bonds. The van der Waals surface area contributed by atoms with Gasteiger partial charge < -0.3 is 24.6 Å². The molecule has 30 heavy (non-hydrogen) atoms. The minimum absolute atomic E-state index is 0.00317. The van der Waals surface area contributed by atoms with Crippen LogP contribution in [0, 0.1) is 0 Å². The molecule has 0 unspecified atom stereocenters.